The Morgan fingerprint density at radius 2 is 1.60 bits per heavy atom. The molecule has 0 spiro atoms. The van der Waals surface area contributed by atoms with Crippen LogP contribution in [0.2, 0.25) is 0 Å². The van der Waals surface area contributed by atoms with Gasteiger partial charge in [-0.05, 0) is 30.7 Å². The van der Waals surface area contributed by atoms with Crippen molar-refractivity contribution in [1.29, 1.82) is 0 Å². The normalized spacial score (nSPS) is 11.6. The Hall–Kier alpha value is -1.99. The van der Waals surface area contributed by atoms with E-state index in [0.29, 0.717) is 24.8 Å². The number of rotatable bonds is 11. The third-order valence-electron chi connectivity index (χ3n) is 3.45. The highest BCUT2D eigenvalue weighted by atomic mass is 35.5. The molecule has 1 atom stereocenters. The fourth-order valence-corrected chi connectivity index (χ4v) is 2.57. The van der Waals surface area contributed by atoms with Crippen molar-refractivity contribution in [1.82, 2.24) is 5.32 Å². The van der Waals surface area contributed by atoms with Gasteiger partial charge in [-0.15, -0.1) is 23.2 Å². The van der Waals surface area contributed by atoms with Gasteiger partial charge in [0.05, 0.1) is 0 Å². The van der Waals surface area contributed by atoms with Gasteiger partial charge in [-0.1, -0.05) is 0 Å². The van der Waals surface area contributed by atoms with Crippen LogP contribution in [0.5, 0.6) is 0 Å². The highest BCUT2D eigenvalue weighted by Crippen LogP contribution is 2.16. The number of carbonyl (C=O) groups excluding carboxylic acids is 1. The first kappa shape index (κ1) is 21.1. The van der Waals surface area contributed by atoms with Crippen molar-refractivity contribution in [2.24, 2.45) is 0 Å². The Morgan fingerprint density at radius 1 is 1.04 bits per heavy atom. The van der Waals surface area contributed by atoms with Gasteiger partial charge in [0.2, 0.25) is 0 Å². The first-order chi connectivity index (χ1) is 11.9. The zero-order chi connectivity index (χ0) is 18.8. The molecule has 7 nitrogen and oxygen atoms in total. The predicted molar refractivity (Wildman–Crippen MR) is 95.9 cm³/mol. The summed E-state index contributed by atoms with van der Waals surface area (Å²) in [6, 6.07) is 5.32. The van der Waals surface area contributed by atoms with Crippen LogP contribution >= 0.6 is 23.2 Å². The Bertz CT molecular complexity index is 589. The fraction of sp³-hybridized carbons (Fsp3) is 0.438. The summed E-state index contributed by atoms with van der Waals surface area (Å²) in [6.07, 6.45) is -0.532. The maximum Gasteiger partial charge on any atom is 0.326 e. The van der Waals surface area contributed by atoms with Gasteiger partial charge < -0.3 is 20.4 Å². The van der Waals surface area contributed by atoms with E-state index in [-0.39, 0.29) is 18.4 Å². The number of carboxylic acids is 2. The van der Waals surface area contributed by atoms with Crippen LogP contribution < -0.4 is 10.2 Å². The van der Waals surface area contributed by atoms with Crippen LogP contribution in [0.15, 0.2) is 24.3 Å². The van der Waals surface area contributed by atoms with Crippen molar-refractivity contribution in [2.75, 3.05) is 29.7 Å². The Kier molecular flexibility index (Phi) is 9.08. The monoisotopic (exact) mass is 390 g/mol. The van der Waals surface area contributed by atoms with E-state index in [1.165, 1.54) is 0 Å². The predicted octanol–water partition coefficient (Wildman–Crippen LogP) is 2.02. The molecule has 0 aromatic heterocycles. The number of halogens is 2. The number of nitrogens with zero attached hydrogens (tertiary/aromatic N) is 1. The number of carboxylic acid groups (broad SMARTS) is 2. The zero-order valence-corrected chi connectivity index (χ0v) is 15.0. The minimum Gasteiger partial charge on any atom is -0.481 e. The molecule has 0 bridgehead atoms. The van der Waals surface area contributed by atoms with E-state index in [4.69, 9.17) is 33.4 Å². The summed E-state index contributed by atoms with van der Waals surface area (Å²) >= 11 is 11.5. The van der Waals surface area contributed by atoms with Crippen molar-refractivity contribution >= 4 is 46.7 Å². The Labute approximate surface area is 155 Å². The molecule has 0 saturated carbocycles. The molecule has 25 heavy (non-hydrogen) atoms. The average molecular weight is 391 g/mol. The number of hydrogen-bond donors (Lipinski definition) is 3. The molecule has 3 N–H and O–H groups in total. The van der Waals surface area contributed by atoms with Crippen molar-refractivity contribution in [3.05, 3.63) is 29.8 Å². The smallest absolute Gasteiger partial charge is 0.326 e. The lowest BCUT2D eigenvalue weighted by Crippen LogP contribution is -2.41. The number of benzene rings is 1. The van der Waals surface area contributed by atoms with Crippen LogP contribution in [0.25, 0.3) is 0 Å². The van der Waals surface area contributed by atoms with E-state index in [2.05, 4.69) is 5.32 Å². The number of nitrogens with one attached hydrogen (secondary N) is 1. The van der Waals surface area contributed by atoms with Crippen LogP contribution in [-0.4, -0.2) is 59.0 Å². The van der Waals surface area contributed by atoms with Crippen LogP contribution in [0.4, 0.5) is 5.69 Å². The first-order valence-corrected chi connectivity index (χ1v) is 8.68. The van der Waals surface area contributed by atoms with Crippen molar-refractivity contribution in [3.8, 4) is 0 Å². The summed E-state index contributed by atoms with van der Waals surface area (Å²) < 4.78 is 0. The van der Waals surface area contributed by atoms with E-state index in [9.17, 15) is 14.4 Å². The van der Waals surface area contributed by atoms with Crippen LogP contribution in [-0.2, 0) is 9.59 Å². The van der Waals surface area contributed by atoms with Crippen molar-refractivity contribution in [3.63, 3.8) is 0 Å². The number of aliphatic carboxylic acids is 2. The quantitative estimate of drug-likeness (QED) is 0.499. The zero-order valence-electron chi connectivity index (χ0n) is 13.5. The molecule has 1 aromatic carbocycles. The molecule has 0 fully saturated rings. The standard InChI is InChI=1S/C16H20Cl2N2O5/c17-7-9-20(10-8-18)12-3-1-11(2-4-12)15(23)19-13(16(24)25)5-6-14(21)22/h1-4,13H,5-10H2,(H,19,23)(H,21,22)(H,24,25)/t13-/m0/s1. The Balaban J connectivity index is 2.77. The molecule has 0 heterocycles. The molecule has 0 aliphatic rings. The van der Waals surface area contributed by atoms with Gasteiger partial charge in [-0.2, -0.15) is 0 Å². The number of anilines is 1. The molecule has 0 unspecified atom stereocenters. The molecule has 9 heteroatoms. The number of alkyl halides is 2. The van der Waals surface area contributed by atoms with Gasteiger partial charge in [0.15, 0.2) is 0 Å². The molecular weight excluding hydrogens is 371 g/mol. The third-order valence-corrected chi connectivity index (χ3v) is 3.79. The minimum absolute atomic E-state index is 0.187. The van der Waals surface area contributed by atoms with Crippen LogP contribution in [0.1, 0.15) is 23.2 Å². The van der Waals surface area contributed by atoms with Crippen LogP contribution in [0, 0.1) is 0 Å². The topological polar surface area (TPSA) is 107 Å². The molecule has 1 amide bonds. The maximum absolute atomic E-state index is 12.2. The second-order valence-corrected chi connectivity index (χ2v) is 5.96. The second kappa shape index (κ2) is 10.8. The first-order valence-electron chi connectivity index (χ1n) is 7.61. The number of amides is 1. The Morgan fingerprint density at radius 3 is 2.04 bits per heavy atom. The molecule has 1 aromatic rings. The molecular formula is C16H20Cl2N2O5. The fourth-order valence-electron chi connectivity index (χ4n) is 2.16. The van der Waals surface area contributed by atoms with Gasteiger partial charge in [-0.25, -0.2) is 4.79 Å². The van der Waals surface area contributed by atoms with E-state index < -0.39 is 23.9 Å². The molecule has 1 rings (SSSR count). The lowest BCUT2D eigenvalue weighted by Gasteiger charge is -2.23. The van der Waals surface area contributed by atoms with Gasteiger partial charge >= 0.3 is 11.9 Å². The summed E-state index contributed by atoms with van der Waals surface area (Å²) in [4.78, 5) is 35.8. The lowest BCUT2D eigenvalue weighted by atomic mass is 10.1. The highest BCUT2D eigenvalue weighted by Gasteiger charge is 2.21. The third kappa shape index (κ3) is 7.19. The van der Waals surface area contributed by atoms with E-state index in [0.717, 1.165) is 5.69 Å². The van der Waals surface area contributed by atoms with Crippen molar-refractivity contribution in [2.45, 2.75) is 18.9 Å². The average Bonchev–Trinajstić information content (AvgIpc) is 2.58. The van der Waals surface area contributed by atoms with Crippen molar-refractivity contribution < 1.29 is 24.6 Å². The highest BCUT2D eigenvalue weighted by molar-refractivity contribution is 6.18. The maximum atomic E-state index is 12.2. The minimum atomic E-state index is -1.28. The largest absolute Gasteiger partial charge is 0.481 e. The van der Waals surface area contributed by atoms with E-state index in [1.54, 1.807) is 24.3 Å². The number of carbonyl (C=O) groups is 3. The van der Waals surface area contributed by atoms with Gasteiger partial charge in [-0.3, -0.25) is 9.59 Å². The van der Waals surface area contributed by atoms with E-state index >= 15 is 0 Å². The summed E-state index contributed by atoms with van der Waals surface area (Å²) in [5.74, 6) is -2.11. The van der Waals surface area contributed by atoms with Gasteiger partial charge in [0, 0.05) is 42.5 Å². The van der Waals surface area contributed by atoms with Gasteiger partial charge in [0.1, 0.15) is 6.04 Å². The second-order valence-electron chi connectivity index (χ2n) is 5.21. The summed E-state index contributed by atoms with van der Waals surface area (Å²) in [5.41, 5.74) is 1.13. The number of hydrogen-bond acceptors (Lipinski definition) is 4. The molecule has 138 valence electrons. The van der Waals surface area contributed by atoms with Crippen LogP contribution in [0.3, 0.4) is 0 Å². The molecule has 0 aliphatic carbocycles. The molecule has 0 radical (unpaired) electrons. The summed E-state index contributed by atoms with van der Waals surface area (Å²) in [7, 11) is 0. The SMILES string of the molecule is O=C(O)CC[C@H](NC(=O)c1ccc(N(CCCl)CCCl)cc1)C(=O)O. The molecule has 0 saturated heterocycles. The lowest BCUT2D eigenvalue weighted by molar-refractivity contribution is -0.140. The molecule has 0 aliphatic heterocycles. The summed E-state index contributed by atoms with van der Waals surface area (Å²) in [5, 5.41) is 20.0. The summed E-state index contributed by atoms with van der Waals surface area (Å²) in [6.45, 7) is 1.21. The van der Waals surface area contributed by atoms with Gasteiger partial charge in [0.25, 0.3) is 5.91 Å². The van der Waals surface area contributed by atoms with E-state index in [1.807, 2.05) is 4.90 Å².